The Morgan fingerprint density at radius 1 is 0.469 bits per heavy atom. The molecule has 0 aliphatic carbocycles. The number of halogens is 2. The summed E-state index contributed by atoms with van der Waals surface area (Å²) in [7, 11) is 13.9. The number of hydrogen-bond donors (Lipinski definition) is 0. The van der Waals surface area contributed by atoms with Crippen molar-refractivity contribution in [3.63, 3.8) is 0 Å². The summed E-state index contributed by atoms with van der Waals surface area (Å²) in [5.74, 6) is 0. The van der Waals surface area contributed by atoms with Crippen molar-refractivity contribution in [2.24, 2.45) is 0 Å². The first kappa shape index (κ1) is 24.6. The van der Waals surface area contributed by atoms with E-state index in [1.54, 1.807) is 0 Å². The number of aromatic nitrogens is 4. The van der Waals surface area contributed by atoms with E-state index < -0.39 is 44.7 Å². The molecule has 4 nitrogen and oxygen atoms in total. The molecule has 0 amide bonds. The molecular weight excluding hydrogens is 847 g/mol. The van der Waals surface area contributed by atoms with Crippen LogP contribution < -0.4 is 21.2 Å². The van der Waals surface area contributed by atoms with Gasteiger partial charge in [0.25, 0.3) is 0 Å². The quantitative estimate of drug-likeness (QED) is 0.207. The van der Waals surface area contributed by atoms with Gasteiger partial charge < -0.3 is 0 Å². The summed E-state index contributed by atoms with van der Waals surface area (Å²) in [4.78, 5) is 17.0. The molecule has 32 heavy (non-hydrogen) atoms. The van der Waals surface area contributed by atoms with Crippen molar-refractivity contribution < 1.29 is 35.3 Å². The van der Waals surface area contributed by atoms with Gasteiger partial charge in [-0.15, -0.1) is 0 Å². The van der Waals surface area contributed by atoms with E-state index >= 15 is 0 Å². The summed E-state index contributed by atoms with van der Waals surface area (Å²) in [5, 5.41) is 5.24. The molecule has 0 saturated heterocycles. The third-order valence-electron chi connectivity index (χ3n) is 5.07. The molecule has 0 aliphatic heterocycles. The molecule has 0 atom stereocenters. The second-order valence-electron chi connectivity index (χ2n) is 6.69. The zero-order valence-corrected chi connectivity index (χ0v) is 24.3. The predicted molar refractivity (Wildman–Crippen MR) is 131 cm³/mol. The van der Waals surface area contributed by atoms with Gasteiger partial charge in [0.05, 0.1) is 0 Å². The SMILES string of the molecule is [Cl][Au]=[P](CC[P](=[Au][Cl])(c1ccncc1)c1ccncc1)(c1ccncc1)c1ccncc1. The average Bonchev–Trinajstić information content (AvgIpc) is 2.89. The van der Waals surface area contributed by atoms with Gasteiger partial charge in [0.2, 0.25) is 0 Å². The number of rotatable bonds is 7. The first-order chi connectivity index (χ1) is 15.7. The van der Waals surface area contributed by atoms with Gasteiger partial charge >= 0.3 is 215 Å². The van der Waals surface area contributed by atoms with Crippen LogP contribution in [0.2, 0.25) is 0 Å². The van der Waals surface area contributed by atoms with Crippen LogP contribution in [0.3, 0.4) is 0 Å². The Hall–Kier alpha value is -0.479. The second-order valence-corrected chi connectivity index (χ2v) is 29.6. The molecule has 0 spiro atoms. The van der Waals surface area contributed by atoms with E-state index in [1.807, 2.05) is 49.6 Å². The van der Waals surface area contributed by atoms with Gasteiger partial charge in [-0.3, -0.25) is 0 Å². The Labute approximate surface area is 212 Å². The van der Waals surface area contributed by atoms with Gasteiger partial charge in [0, 0.05) is 0 Å². The topological polar surface area (TPSA) is 51.6 Å². The summed E-state index contributed by atoms with van der Waals surface area (Å²) < 4.78 is -3.59. The van der Waals surface area contributed by atoms with Crippen molar-refractivity contribution >= 4 is 49.0 Å². The molecule has 0 aromatic carbocycles. The molecule has 0 aliphatic rings. The van der Waals surface area contributed by atoms with Gasteiger partial charge in [0.1, 0.15) is 0 Å². The van der Waals surface area contributed by atoms with E-state index in [1.165, 1.54) is 21.2 Å². The Kier molecular flexibility index (Phi) is 9.07. The van der Waals surface area contributed by atoms with Gasteiger partial charge in [-0.25, -0.2) is 0 Å². The van der Waals surface area contributed by atoms with E-state index in [4.69, 9.17) is 18.4 Å². The van der Waals surface area contributed by atoms with E-state index in [-0.39, 0.29) is 0 Å². The maximum absolute atomic E-state index is 6.93. The van der Waals surface area contributed by atoms with Crippen LogP contribution in [-0.2, 0) is 35.3 Å². The summed E-state index contributed by atoms with van der Waals surface area (Å²) in [5.41, 5.74) is 0. The van der Waals surface area contributed by atoms with Crippen LogP contribution in [0.5, 0.6) is 0 Å². The van der Waals surface area contributed by atoms with Crippen LogP contribution in [-0.4, -0.2) is 32.3 Å². The summed E-state index contributed by atoms with van der Waals surface area (Å²) in [6.07, 6.45) is 17.0. The van der Waals surface area contributed by atoms with Crippen LogP contribution in [0.1, 0.15) is 0 Å². The predicted octanol–water partition coefficient (Wildman–Crippen LogP) is 4.21. The van der Waals surface area contributed by atoms with Crippen LogP contribution in [0.15, 0.2) is 98.1 Å². The van der Waals surface area contributed by atoms with Crippen LogP contribution in [0.4, 0.5) is 0 Å². The van der Waals surface area contributed by atoms with Crippen molar-refractivity contribution in [3.05, 3.63) is 98.1 Å². The van der Waals surface area contributed by atoms with Gasteiger partial charge in [0.15, 0.2) is 0 Å². The van der Waals surface area contributed by atoms with E-state index in [2.05, 4.69) is 68.5 Å². The zero-order valence-electron chi connectivity index (χ0n) is 16.7. The Bertz CT molecular complexity index is 1070. The third-order valence-corrected chi connectivity index (χ3v) is 33.6. The molecule has 0 saturated carbocycles. The van der Waals surface area contributed by atoms with Crippen LogP contribution in [0, 0.1) is 0 Å². The van der Waals surface area contributed by atoms with Crippen molar-refractivity contribution in [3.8, 4) is 0 Å². The average molecular weight is 867 g/mol. The van der Waals surface area contributed by atoms with E-state index in [0.29, 0.717) is 0 Å². The minimum atomic E-state index is -1.80. The molecule has 4 heterocycles. The molecule has 0 fully saturated rings. The number of nitrogens with zero attached hydrogens (tertiary/aromatic N) is 4. The zero-order chi connectivity index (χ0) is 22.3. The molecule has 0 N–H and O–H groups in total. The van der Waals surface area contributed by atoms with Crippen LogP contribution >= 0.6 is 27.8 Å². The summed E-state index contributed by atoms with van der Waals surface area (Å²) in [6, 6.07) is 17.1. The monoisotopic (exact) mass is 866 g/mol. The normalized spacial score (nSPS) is 12.2. The maximum atomic E-state index is 6.93. The van der Waals surface area contributed by atoms with Crippen LogP contribution in [0.25, 0.3) is 0 Å². The van der Waals surface area contributed by atoms with Gasteiger partial charge in [-0.05, 0) is 0 Å². The first-order valence-electron chi connectivity index (χ1n) is 9.57. The van der Waals surface area contributed by atoms with E-state index in [9.17, 15) is 0 Å². The molecule has 0 unspecified atom stereocenters. The fourth-order valence-corrected chi connectivity index (χ4v) is 29.6. The second kappa shape index (κ2) is 11.8. The number of pyridine rings is 4. The molecule has 10 heteroatoms. The first-order valence-corrected chi connectivity index (χ1v) is 24.3. The van der Waals surface area contributed by atoms with E-state index in [0.717, 1.165) is 12.3 Å². The fourth-order valence-electron chi connectivity index (χ4n) is 3.52. The Balaban J connectivity index is 1.87. The Morgan fingerprint density at radius 3 is 0.875 bits per heavy atom. The fraction of sp³-hybridized carbons (Fsp3) is 0.0909. The standard InChI is InChI=1S/C22H20N4P2.2Au.2ClH/c1-9-23-10-2-19(1)27(20-3-11-24-12-4-20)17-18-28(21-5-13-25-14-6-21)22-7-15-26-16-8-22;;;;/h1-16H,17-18H2;;;2*1H/q;2*+1;;/p-2. The van der Waals surface area contributed by atoms with Crippen molar-refractivity contribution in [2.75, 3.05) is 12.3 Å². The number of hydrogen-bond acceptors (Lipinski definition) is 4. The Morgan fingerprint density at radius 2 is 0.688 bits per heavy atom. The van der Waals surface area contributed by atoms with Crippen molar-refractivity contribution in [1.82, 2.24) is 19.9 Å². The summed E-state index contributed by atoms with van der Waals surface area (Å²) >= 11 is -0.955. The molecule has 4 aromatic rings. The molecule has 0 radical (unpaired) electrons. The molecular formula is C22H20Au2Cl2N4P2. The third kappa shape index (κ3) is 5.11. The van der Waals surface area contributed by atoms with Crippen molar-refractivity contribution in [1.29, 1.82) is 0 Å². The van der Waals surface area contributed by atoms with Crippen molar-refractivity contribution in [2.45, 2.75) is 0 Å². The molecule has 174 valence electrons. The van der Waals surface area contributed by atoms with Gasteiger partial charge in [-0.1, -0.05) is 0 Å². The molecule has 4 rings (SSSR count). The minimum absolute atomic E-state index is 0.477. The summed E-state index contributed by atoms with van der Waals surface area (Å²) in [6.45, 7) is 0. The molecule has 0 bridgehead atoms. The molecule has 4 aromatic heterocycles. The van der Waals surface area contributed by atoms with Gasteiger partial charge in [-0.2, -0.15) is 0 Å².